The summed E-state index contributed by atoms with van der Waals surface area (Å²) in [6, 6.07) is 10.7. The van der Waals surface area contributed by atoms with Gasteiger partial charge in [-0.25, -0.2) is 22.4 Å². The standard InChI is InChI=1S/C20H8F4INO2/c21-15-7-12(8-16(22)14(15)9-26)19-17(23)5-11(6-18(19)24)10-1-3-13(4-2-10)28-20(25)27/h1-8H. The molecule has 0 saturated carbocycles. The molecule has 0 aliphatic carbocycles. The first-order valence-corrected chi connectivity index (χ1v) is 8.74. The fourth-order valence-electron chi connectivity index (χ4n) is 2.65. The highest BCUT2D eigenvalue weighted by Gasteiger charge is 2.18. The lowest BCUT2D eigenvalue weighted by molar-refractivity contribution is 0.230. The number of hydrogen-bond donors (Lipinski definition) is 0. The zero-order valence-corrected chi connectivity index (χ0v) is 15.9. The Hall–Kier alpha value is -2.93. The zero-order chi connectivity index (χ0) is 20.4. The molecule has 0 aliphatic heterocycles. The van der Waals surface area contributed by atoms with Crippen molar-refractivity contribution in [3.05, 3.63) is 77.4 Å². The molecule has 0 spiro atoms. The van der Waals surface area contributed by atoms with Gasteiger partial charge in [-0.2, -0.15) is 5.26 Å². The topological polar surface area (TPSA) is 50.1 Å². The minimum absolute atomic E-state index is 0.181. The number of ether oxygens (including phenoxy) is 1. The van der Waals surface area contributed by atoms with Gasteiger partial charge in [-0.1, -0.05) is 12.1 Å². The molecule has 3 aromatic rings. The summed E-state index contributed by atoms with van der Waals surface area (Å²) in [4.78, 5) is 10.9. The predicted molar refractivity (Wildman–Crippen MR) is 102 cm³/mol. The van der Waals surface area contributed by atoms with Crippen LogP contribution in [0.25, 0.3) is 22.3 Å². The van der Waals surface area contributed by atoms with Gasteiger partial charge < -0.3 is 4.74 Å². The number of nitrogens with zero attached hydrogens (tertiary/aromatic N) is 1. The second kappa shape index (κ2) is 7.98. The molecule has 0 bridgehead atoms. The molecule has 140 valence electrons. The van der Waals surface area contributed by atoms with Gasteiger partial charge in [0.25, 0.3) is 0 Å². The lowest BCUT2D eigenvalue weighted by Crippen LogP contribution is -1.97. The van der Waals surface area contributed by atoms with Crippen molar-refractivity contribution in [2.45, 2.75) is 0 Å². The van der Waals surface area contributed by atoms with Gasteiger partial charge in [-0.05, 0) is 53.1 Å². The average molecular weight is 497 g/mol. The van der Waals surface area contributed by atoms with Gasteiger partial charge in [0.15, 0.2) is 0 Å². The van der Waals surface area contributed by atoms with E-state index in [1.54, 1.807) is 0 Å². The molecule has 0 aliphatic rings. The Bertz CT molecular complexity index is 1080. The van der Waals surface area contributed by atoms with E-state index >= 15 is 0 Å². The first kappa shape index (κ1) is 19.8. The summed E-state index contributed by atoms with van der Waals surface area (Å²) < 4.78 is 61.0. The summed E-state index contributed by atoms with van der Waals surface area (Å²) in [6.45, 7) is 0. The third kappa shape index (κ3) is 3.99. The summed E-state index contributed by atoms with van der Waals surface area (Å²) in [5.74, 6) is -4.20. The van der Waals surface area contributed by atoms with E-state index in [-0.39, 0.29) is 16.9 Å². The molecule has 0 heterocycles. The molecule has 0 aromatic heterocycles. The lowest BCUT2D eigenvalue weighted by Gasteiger charge is -2.10. The normalized spacial score (nSPS) is 10.4. The first-order valence-electron chi connectivity index (χ1n) is 7.66. The lowest BCUT2D eigenvalue weighted by atomic mass is 9.97. The maximum Gasteiger partial charge on any atom is 0.372 e. The van der Waals surface area contributed by atoms with E-state index in [0.717, 1.165) is 12.1 Å². The van der Waals surface area contributed by atoms with Crippen LogP contribution in [0.3, 0.4) is 0 Å². The van der Waals surface area contributed by atoms with E-state index in [1.807, 2.05) is 0 Å². The van der Waals surface area contributed by atoms with Crippen molar-refractivity contribution in [1.82, 2.24) is 0 Å². The van der Waals surface area contributed by atoms with Gasteiger partial charge in [0, 0.05) is 0 Å². The number of nitriles is 1. The Balaban J connectivity index is 2.02. The highest BCUT2D eigenvalue weighted by molar-refractivity contribution is 14.1. The first-order chi connectivity index (χ1) is 13.3. The second-order valence-corrected chi connectivity index (χ2v) is 6.49. The Morgan fingerprint density at radius 1 is 0.821 bits per heavy atom. The van der Waals surface area contributed by atoms with Gasteiger partial charge in [-0.3, -0.25) is 0 Å². The molecule has 0 atom stereocenters. The third-order valence-corrected chi connectivity index (χ3v) is 4.09. The molecule has 28 heavy (non-hydrogen) atoms. The molecule has 0 fully saturated rings. The number of carbonyl (C=O) groups excluding carboxylic acids is 1. The quantitative estimate of drug-likeness (QED) is 0.240. The molecular formula is C20H8F4INO2. The van der Waals surface area contributed by atoms with Crippen LogP contribution in [-0.2, 0) is 0 Å². The number of hydrogen-bond acceptors (Lipinski definition) is 3. The number of benzene rings is 3. The van der Waals surface area contributed by atoms with Crippen molar-refractivity contribution in [3.8, 4) is 34.1 Å². The fourth-order valence-corrected chi connectivity index (χ4v) is 2.90. The molecule has 8 heteroatoms. The van der Waals surface area contributed by atoms with Crippen LogP contribution in [0, 0.1) is 34.6 Å². The third-order valence-electron chi connectivity index (χ3n) is 3.87. The predicted octanol–water partition coefficient (Wildman–Crippen LogP) is 6.38. The molecule has 0 saturated heterocycles. The molecule has 3 nitrogen and oxygen atoms in total. The van der Waals surface area contributed by atoms with Gasteiger partial charge in [0.2, 0.25) is 0 Å². The Kier molecular flexibility index (Phi) is 5.65. The smallest absolute Gasteiger partial charge is 0.372 e. The minimum Gasteiger partial charge on any atom is -0.419 e. The van der Waals surface area contributed by atoms with Crippen molar-refractivity contribution < 1.29 is 27.1 Å². The van der Waals surface area contributed by atoms with Gasteiger partial charge in [0.05, 0.1) is 28.2 Å². The van der Waals surface area contributed by atoms with Gasteiger partial charge in [-0.15, -0.1) is 0 Å². The maximum atomic E-state index is 14.6. The number of rotatable bonds is 3. The molecule has 0 N–H and O–H groups in total. The van der Waals surface area contributed by atoms with Crippen LogP contribution >= 0.6 is 22.6 Å². The van der Waals surface area contributed by atoms with E-state index < -0.39 is 38.4 Å². The van der Waals surface area contributed by atoms with Gasteiger partial charge in [0.1, 0.15) is 40.7 Å². The Morgan fingerprint density at radius 2 is 1.32 bits per heavy atom. The minimum atomic E-state index is -1.21. The van der Waals surface area contributed by atoms with Crippen LogP contribution < -0.4 is 4.74 Å². The molecule has 0 radical (unpaired) electrons. The molecule has 3 aromatic carbocycles. The monoisotopic (exact) mass is 497 g/mol. The summed E-state index contributed by atoms with van der Waals surface area (Å²) in [6.07, 6.45) is 0. The van der Waals surface area contributed by atoms with Crippen LogP contribution in [0.5, 0.6) is 5.75 Å². The van der Waals surface area contributed by atoms with E-state index in [1.165, 1.54) is 52.9 Å². The fraction of sp³-hybridized carbons (Fsp3) is 0. The molecule has 0 unspecified atom stereocenters. The van der Waals surface area contributed by atoms with E-state index in [0.29, 0.717) is 17.7 Å². The van der Waals surface area contributed by atoms with Gasteiger partial charge >= 0.3 is 3.98 Å². The van der Waals surface area contributed by atoms with Crippen LogP contribution in [0.4, 0.5) is 22.4 Å². The maximum absolute atomic E-state index is 14.6. The Labute approximate surface area is 170 Å². The highest BCUT2D eigenvalue weighted by Crippen LogP contribution is 2.33. The molecule has 0 amide bonds. The largest absolute Gasteiger partial charge is 0.419 e. The molecular weight excluding hydrogens is 489 g/mol. The second-order valence-electron chi connectivity index (χ2n) is 5.61. The van der Waals surface area contributed by atoms with Crippen LogP contribution in [0.1, 0.15) is 5.56 Å². The average Bonchev–Trinajstić information content (AvgIpc) is 2.61. The summed E-state index contributed by atoms with van der Waals surface area (Å²) >= 11 is 1.46. The van der Waals surface area contributed by atoms with Crippen molar-refractivity contribution in [2.75, 3.05) is 0 Å². The van der Waals surface area contributed by atoms with Crippen molar-refractivity contribution in [3.63, 3.8) is 0 Å². The summed E-state index contributed by atoms with van der Waals surface area (Å²) in [5, 5.41) is 8.69. The van der Waals surface area contributed by atoms with Crippen LogP contribution in [-0.4, -0.2) is 3.98 Å². The Morgan fingerprint density at radius 3 is 1.79 bits per heavy atom. The zero-order valence-electron chi connectivity index (χ0n) is 13.8. The van der Waals surface area contributed by atoms with E-state index in [4.69, 9.17) is 10.00 Å². The van der Waals surface area contributed by atoms with Crippen LogP contribution in [0.2, 0.25) is 0 Å². The molecule has 3 rings (SSSR count). The van der Waals surface area contributed by atoms with Crippen molar-refractivity contribution in [2.24, 2.45) is 0 Å². The van der Waals surface area contributed by atoms with E-state index in [2.05, 4.69) is 0 Å². The summed E-state index contributed by atoms with van der Waals surface area (Å²) in [7, 11) is 0. The SMILES string of the molecule is N#Cc1c(F)cc(-c2c(F)cc(-c3ccc(OC(=O)I)cc3)cc2F)cc1F. The van der Waals surface area contributed by atoms with Crippen LogP contribution in [0.15, 0.2) is 48.5 Å². The van der Waals surface area contributed by atoms with Crippen molar-refractivity contribution in [1.29, 1.82) is 5.26 Å². The highest BCUT2D eigenvalue weighted by atomic mass is 127. The number of halogens is 5. The van der Waals surface area contributed by atoms with E-state index in [9.17, 15) is 22.4 Å². The van der Waals surface area contributed by atoms with Crippen molar-refractivity contribution >= 4 is 26.6 Å². The number of carbonyl (C=O) groups is 1. The summed E-state index contributed by atoms with van der Waals surface area (Å²) in [5.41, 5.74) is -1.18.